The molecule has 0 aromatic rings. The Balaban J connectivity index is 1.93. The minimum Gasteiger partial charge on any atom is -0.498 e. The van der Waals surface area contributed by atoms with Gasteiger partial charge in [-0.15, -0.1) is 11.6 Å². The van der Waals surface area contributed by atoms with E-state index in [0.29, 0.717) is 0 Å². The second kappa shape index (κ2) is 7.93. The van der Waals surface area contributed by atoms with E-state index >= 15 is 0 Å². The van der Waals surface area contributed by atoms with E-state index in [0.717, 1.165) is 43.9 Å². The summed E-state index contributed by atoms with van der Waals surface area (Å²) in [6.07, 6.45) is 13.3. The fraction of sp³-hybridized carbons (Fsp3) is 0.667. The molecule has 1 aliphatic rings. The molecule has 0 aromatic heterocycles. The van der Waals surface area contributed by atoms with Crippen LogP contribution in [0.4, 0.5) is 0 Å². The molecule has 0 heterocycles. The number of hydrogen-bond donors (Lipinski definition) is 0. The lowest BCUT2D eigenvalue weighted by molar-refractivity contribution is 0.195. The van der Waals surface area contributed by atoms with E-state index in [-0.39, 0.29) is 0 Å². The highest BCUT2D eigenvalue weighted by Crippen LogP contribution is 2.13. The molecule has 0 unspecified atom stereocenters. The van der Waals surface area contributed by atoms with Crippen molar-refractivity contribution in [3.8, 4) is 0 Å². The summed E-state index contributed by atoms with van der Waals surface area (Å²) >= 11 is 5.59. The molecular formula is C12H19ClO. The average molecular weight is 215 g/mol. The van der Waals surface area contributed by atoms with Crippen molar-refractivity contribution in [3.05, 3.63) is 24.0 Å². The molecule has 14 heavy (non-hydrogen) atoms. The van der Waals surface area contributed by atoms with E-state index in [1.165, 1.54) is 12.8 Å². The summed E-state index contributed by atoms with van der Waals surface area (Å²) < 4.78 is 5.64. The van der Waals surface area contributed by atoms with E-state index < -0.39 is 0 Å². The molecule has 1 aliphatic carbocycles. The normalized spacial score (nSPS) is 15.4. The molecule has 0 radical (unpaired) electrons. The smallest absolute Gasteiger partial charge is 0.0962 e. The maximum Gasteiger partial charge on any atom is 0.0962 e. The van der Waals surface area contributed by atoms with Crippen LogP contribution in [0.3, 0.4) is 0 Å². The highest BCUT2D eigenvalue weighted by molar-refractivity contribution is 6.17. The van der Waals surface area contributed by atoms with E-state index in [1.807, 2.05) is 0 Å². The van der Waals surface area contributed by atoms with E-state index in [9.17, 15) is 0 Å². The lowest BCUT2D eigenvalue weighted by atomic mass is 10.1. The Morgan fingerprint density at radius 1 is 1.21 bits per heavy atom. The Morgan fingerprint density at radius 3 is 2.79 bits per heavy atom. The molecule has 0 N–H and O–H groups in total. The van der Waals surface area contributed by atoms with Crippen LogP contribution in [-0.4, -0.2) is 12.5 Å². The number of alkyl halides is 1. The molecule has 0 saturated carbocycles. The molecule has 2 heteroatoms. The summed E-state index contributed by atoms with van der Waals surface area (Å²) in [5, 5.41) is 0. The fourth-order valence-corrected chi connectivity index (χ4v) is 1.64. The highest BCUT2D eigenvalue weighted by Gasteiger charge is 1.99. The Bertz CT molecular complexity index is 196. The van der Waals surface area contributed by atoms with Crippen LogP contribution < -0.4 is 0 Å². The first kappa shape index (κ1) is 11.6. The van der Waals surface area contributed by atoms with Gasteiger partial charge in [0.25, 0.3) is 0 Å². The largest absolute Gasteiger partial charge is 0.498 e. The van der Waals surface area contributed by atoms with Crippen molar-refractivity contribution >= 4 is 11.6 Å². The maximum absolute atomic E-state index is 5.64. The van der Waals surface area contributed by atoms with Crippen molar-refractivity contribution in [2.45, 2.75) is 38.5 Å². The Labute approximate surface area is 91.8 Å². The van der Waals surface area contributed by atoms with Crippen molar-refractivity contribution in [1.82, 2.24) is 0 Å². The first-order valence-corrected chi connectivity index (χ1v) is 6.01. The number of unbranched alkanes of at least 4 members (excludes halogenated alkanes) is 3. The zero-order chi connectivity index (χ0) is 10.1. The topological polar surface area (TPSA) is 9.23 Å². The predicted octanol–water partition coefficient (Wildman–Crippen LogP) is 4.04. The molecule has 0 amide bonds. The number of halogens is 1. The van der Waals surface area contributed by atoms with Crippen LogP contribution in [0, 0.1) is 0 Å². The van der Waals surface area contributed by atoms with Gasteiger partial charge in [-0.3, -0.25) is 0 Å². The van der Waals surface area contributed by atoms with Gasteiger partial charge in [0, 0.05) is 12.3 Å². The molecule has 0 aliphatic heterocycles. The van der Waals surface area contributed by atoms with Crippen LogP contribution in [0.1, 0.15) is 38.5 Å². The van der Waals surface area contributed by atoms with Crippen LogP contribution in [-0.2, 0) is 4.74 Å². The van der Waals surface area contributed by atoms with Crippen molar-refractivity contribution in [3.63, 3.8) is 0 Å². The summed E-state index contributed by atoms with van der Waals surface area (Å²) in [4.78, 5) is 0. The predicted molar refractivity (Wildman–Crippen MR) is 61.6 cm³/mol. The summed E-state index contributed by atoms with van der Waals surface area (Å²) in [6.45, 7) is 0.863. The molecule has 0 aromatic carbocycles. The zero-order valence-electron chi connectivity index (χ0n) is 8.68. The molecular weight excluding hydrogens is 196 g/mol. The van der Waals surface area contributed by atoms with Crippen molar-refractivity contribution in [2.24, 2.45) is 0 Å². The molecule has 0 fully saturated rings. The van der Waals surface area contributed by atoms with Gasteiger partial charge in [-0.05, 0) is 25.3 Å². The van der Waals surface area contributed by atoms with Crippen molar-refractivity contribution in [1.29, 1.82) is 0 Å². The van der Waals surface area contributed by atoms with Gasteiger partial charge in [0.05, 0.1) is 12.4 Å². The summed E-state index contributed by atoms with van der Waals surface area (Å²) in [6, 6.07) is 0. The standard InChI is InChI=1S/C12H19ClO/c13-10-6-1-2-7-11-14-12-8-4-3-5-9-12/h3-4,8H,1-2,5-7,9-11H2. The Hall–Kier alpha value is -0.430. The third-order valence-electron chi connectivity index (χ3n) is 2.29. The molecule has 80 valence electrons. The van der Waals surface area contributed by atoms with Gasteiger partial charge in [0.2, 0.25) is 0 Å². The van der Waals surface area contributed by atoms with Gasteiger partial charge >= 0.3 is 0 Å². The van der Waals surface area contributed by atoms with Crippen LogP contribution >= 0.6 is 11.6 Å². The van der Waals surface area contributed by atoms with Gasteiger partial charge in [-0.2, -0.15) is 0 Å². The van der Waals surface area contributed by atoms with E-state index in [1.54, 1.807) is 0 Å². The second-order valence-corrected chi connectivity index (χ2v) is 3.93. The number of rotatable bonds is 7. The number of allylic oxidation sites excluding steroid dienone is 4. The molecule has 1 rings (SSSR count). The second-order valence-electron chi connectivity index (χ2n) is 3.55. The summed E-state index contributed by atoms with van der Waals surface area (Å²) in [5.74, 6) is 1.93. The monoisotopic (exact) mass is 214 g/mol. The third kappa shape index (κ3) is 5.33. The van der Waals surface area contributed by atoms with Gasteiger partial charge in [-0.1, -0.05) is 25.0 Å². The van der Waals surface area contributed by atoms with Crippen molar-refractivity contribution in [2.75, 3.05) is 12.5 Å². The van der Waals surface area contributed by atoms with Gasteiger partial charge in [0.15, 0.2) is 0 Å². The summed E-state index contributed by atoms with van der Waals surface area (Å²) in [5.41, 5.74) is 0. The first-order chi connectivity index (χ1) is 6.93. The molecule has 0 atom stereocenters. The van der Waals surface area contributed by atoms with Gasteiger partial charge in [-0.25, -0.2) is 0 Å². The van der Waals surface area contributed by atoms with Crippen LogP contribution in [0.15, 0.2) is 24.0 Å². The van der Waals surface area contributed by atoms with Crippen LogP contribution in [0.25, 0.3) is 0 Å². The SMILES string of the molecule is ClCCCCCCOC1=CC=CCC1. The molecule has 0 spiro atoms. The van der Waals surface area contributed by atoms with Gasteiger partial charge in [0.1, 0.15) is 0 Å². The number of ether oxygens (including phenoxy) is 1. The highest BCUT2D eigenvalue weighted by atomic mass is 35.5. The van der Waals surface area contributed by atoms with Crippen molar-refractivity contribution < 1.29 is 4.74 Å². The molecule has 0 saturated heterocycles. The molecule has 0 bridgehead atoms. The summed E-state index contributed by atoms with van der Waals surface area (Å²) in [7, 11) is 0. The lowest BCUT2D eigenvalue weighted by Gasteiger charge is -2.11. The van der Waals surface area contributed by atoms with Gasteiger partial charge < -0.3 is 4.74 Å². The quantitative estimate of drug-likeness (QED) is 0.459. The minimum absolute atomic E-state index is 0.788. The minimum atomic E-state index is 0.788. The Kier molecular flexibility index (Phi) is 6.59. The molecule has 1 nitrogen and oxygen atoms in total. The first-order valence-electron chi connectivity index (χ1n) is 5.48. The van der Waals surface area contributed by atoms with Crippen LogP contribution in [0.2, 0.25) is 0 Å². The third-order valence-corrected chi connectivity index (χ3v) is 2.56. The average Bonchev–Trinajstić information content (AvgIpc) is 2.25. The maximum atomic E-state index is 5.64. The van der Waals surface area contributed by atoms with E-state index in [2.05, 4.69) is 18.2 Å². The lowest BCUT2D eigenvalue weighted by Crippen LogP contribution is -1.97. The zero-order valence-corrected chi connectivity index (χ0v) is 9.43. The van der Waals surface area contributed by atoms with E-state index in [4.69, 9.17) is 16.3 Å². The number of hydrogen-bond acceptors (Lipinski definition) is 1. The fourth-order valence-electron chi connectivity index (χ4n) is 1.45. The Morgan fingerprint density at radius 2 is 2.07 bits per heavy atom. The van der Waals surface area contributed by atoms with Crippen LogP contribution in [0.5, 0.6) is 0 Å².